The van der Waals surface area contributed by atoms with Gasteiger partial charge in [0.1, 0.15) is 0 Å². The Hall–Kier alpha value is -3.03. The molecule has 1 amide bonds. The monoisotopic (exact) mass is 423 g/mol. The SMILES string of the molecule is Cc1ccc(-c2c(C)nc(N)nc2-c2ccc(C(=O)N3CCOCC3)c(Cl)c2)cn1. The summed E-state index contributed by atoms with van der Waals surface area (Å²) in [6.07, 6.45) is 1.79. The Bertz CT molecular complexity index is 1100. The average Bonchev–Trinajstić information content (AvgIpc) is 2.74. The molecular weight excluding hydrogens is 402 g/mol. The van der Waals surface area contributed by atoms with Crippen molar-refractivity contribution in [1.82, 2.24) is 19.9 Å². The van der Waals surface area contributed by atoms with Gasteiger partial charge in [0.2, 0.25) is 5.95 Å². The van der Waals surface area contributed by atoms with Gasteiger partial charge in [0.15, 0.2) is 0 Å². The standard InChI is InChI=1S/C22H22ClN5O2/c1-13-3-4-16(12-25-13)19-14(2)26-22(24)27-20(19)15-5-6-17(18(23)11-15)21(29)28-7-9-30-10-8-28/h3-6,11-12H,7-10H2,1-2H3,(H2,24,26,27). The molecule has 0 radical (unpaired) electrons. The van der Waals surface area contributed by atoms with Crippen molar-refractivity contribution in [1.29, 1.82) is 0 Å². The molecule has 8 heteroatoms. The number of nitrogen functional groups attached to an aromatic ring is 1. The summed E-state index contributed by atoms with van der Waals surface area (Å²) < 4.78 is 5.32. The van der Waals surface area contributed by atoms with E-state index in [1.54, 1.807) is 23.2 Å². The van der Waals surface area contributed by atoms with Crippen LogP contribution in [-0.2, 0) is 4.74 Å². The van der Waals surface area contributed by atoms with E-state index in [0.717, 1.165) is 28.1 Å². The van der Waals surface area contributed by atoms with E-state index in [0.29, 0.717) is 42.6 Å². The Morgan fingerprint density at radius 2 is 1.83 bits per heavy atom. The third kappa shape index (κ3) is 3.99. The highest BCUT2D eigenvalue weighted by molar-refractivity contribution is 6.34. The van der Waals surface area contributed by atoms with E-state index in [9.17, 15) is 4.79 Å². The number of anilines is 1. The first-order chi connectivity index (χ1) is 14.4. The fourth-order valence-electron chi connectivity index (χ4n) is 3.54. The summed E-state index contributed by atoms with van der Waals surface area (Å²) in [5.74, 6) is 0.0760. The number of hydrogen-bond acceptors (Lipinski definition) is 6. The molecule has 0 bridgehead atoms. The topological polar surface area (TPSA) is 94.2 Å². The number of rotatable bonds is 3. The number of nitrogens with zero attached hydrogens (tertiary/aromatic N) is 4. The van der Waals surface area contributed by atoms with Gasteiger partial charge in [-0.15, -0.1) is 0 Å². The molecule has 1 saturated heterocycles. The second-order valence-electron chi connectivity index (χ2n) is 7.18. The minimum absolute atomic E-state index is 0.101. The molecule has 3 heterocycles. The van der Waals surface area contributed by atoms with Gasteiger partial charge in [0, 0.05) is 41.7 Å². The van der Waals surface area contributed by atoms with Crippen molar-refractivity contribution in [2.45, 2.75) is 13.8 Å². The maximum atomic E-state index is 12.8. The molecular formula is C22H22ClN5O2. The first kappa shape index (κ1) is 20.3. The zero-order valence-corrected chi connectivity index (χ0v) is 17.6. The molecule has 154 valence electrons. The number of carbonyl (C=O) groups excluding carboxylic acids is 1. The first-order valence-electron chi connectivity index (χ1n) is 9.68. The number of nitrogens with two attached hydrogens (primary N) is 1. The van der Waals surface area contributed by atoms with Crippen LogP contribution in [0.5, 0.6) is 0 Å². The second-order valence-corrected chi connectivity index (χ2v) is 7.59. The summed E-state index contributed by atoms with van der Waals surface area (Å²) in [5, 5.41) is 0.367. The van der Waals surface area contributed by atoms with Crippen molar-refractivity contribution in [3.05, 3.63) is 58.5 Å². The maximum absolute atomic E-state index is 12.8. The zero-order valence-electron chi connectivity index (χ0n) is 16.9. The van der Waals surface area contributed by atoms with Crippen LogP contribution in [0.1, 0.15) is 21.7 Å². The second kappa shape index (κ2) is 8.38. The van der Waals surface area contributed by atoms with E-state index in [1.165, 1.54) is 0 Å². The van der Waals surface area contributed by atoms with Crippen molar-refractivity contribution < 1.29 is 9.53 Å². The highest BCUT2D eigenvalue weighted by Crippen LogP contribution is 2.35. The molecule has 4 rings (SSSR count). The number of halogens is 1. The van der Waals surface area contributed by atoms with Crippen LogP contribution in [-0.4, -0.2) is 52.1 Å². The third-order valence-corrected chi connectivity index (χ3v) is 5.39. The number of hydrogen-bond donors (Lipinski definition) is 1. The van der Waals surface area contributed by atoms with Crippen LogP contribution in [0.25, 0.3) is 22.4 Å². The van der Waals surface area contributed by atoms with Gasteiger partial charge in [-0.25, -0.2) is 9.97 Å². The number of amides is 1. The van der Waals surface area contributed by atoms with Crippen LogP contribution >= 0.6 is 11.6 Å². The molecule has 3 aromatic rings. The summed E-state index contributed by atoms with van der Waals surface area (Å²) in [4.78, 5) is 27.8. The molecule has 7 nitrogen and oxygen atoms in total. The predicted octanol–water partition coefficient (Wildman–Crippen LogP) is 3.53. The van der Waals surface area contributed by atoms with Crippen LogP contribution in [0.4, 0.5) is 5.95 Å². The van der Waals surface area contributed by atoms with Gasteiger partial charge in [-0.3, -0.25) is 9.78 Å². The number of aromatic nitrogens is 3. The van der Waals surface area contributed by atoms with Crippen LogP contribution in [0, 0.1) is 13.8 Å². The zero-order chi connectivity index (χ0) is 21.3. The van der Waals surface area contributed by atoms with Gasteiger partial charge in [0.05, 0.1) is 35.2 Å². The molecule has 1 aromatic carbocycles. The molecule has 0 spiro atoms. The van der Waals surface area contributed by atoms with Gasteiger partial charge >= 0.3 is 0 Å². The Morgan fingerprint density at radius 3 is 2.50 bits per heavy atom. The number of pyridine rings is 1. The Kier molecular flexibility index (Phi) is 5.65. The van der Waals surface area contributed by atoms with E-state index in [4.69, 9.17) is 22.1 Å². The average molecular weight is 424 g/mol. The molecule has 30 heavy (non-hydrogen) atoms. The maximum Gasteiger partial charge on any atom is 0.255 e. The van der Waals surface area contributed by atoms with E-state index >= 15 is 0 Å². The van der Waals surface area contributed by atoms with Gasteiger partial charge in [-0.05, 0) is 32.0 Å². The van der Waals surface area contributed by atoms with Crippen LogP contribution in [0.3, 0.4) is 0 Å². The predicted molar refractivity (Wildman–Crippen MR) is 116 cm³/mol. The van der Waals surface area contributed by atoms with Gasteiger partial charge in [0.25, 0.3) is 5.91 Å². The number of ether oxygens (including phenoxy) is 1. The molecule has 0 saturated carbocycles. The van der Waals surface area contributed by atoms with Crippen molar-refractivity contribution in [2.75, 3.05) is 32.0 Å². The van der Waals surface area contributed by atoms with Gasteiger partial charge < -0.3 is 15.4 Å². The number of aryl methyl sites for hydroxylation is 2. The van der Waals surface area contributed by atoms with E-state index < -0.39 is 0 Å². The lowest BCUT2D eigenvalue weighted by molar-refractivity contribution is 0.0303. The normalized spacial score (nSPS) is 14.0. The molecule has 0 unspecified atom stereocenters. The van der Waals surface area contributed by atoms with E-state index in [-0.39, 0.29) is 11.9 Å². The quantitative estimate of drug-likeness (QED) is 0.692. The van der Waals surface area contributed by atoms with Crippen molar-refractivity contribution in [3.63, 3.8) is 0 Å². The third-order valence-electron chi connectivity index (χ3n) is 5.08. The van der Waals surface area contributed by atoms with Gasteiger partial charge in [-0.2, -0.15) is 0 Å². The lowest BCUT2D eigenvalue weighted by Gasteiger charge is -2.27. The van der Waals surface area contributed by atoms with Crippen molar-refractivity contribution in [3.8, 4) is 22.4 Å². The minimum atomic E-state index is -0.101. The smallest absolute Gasteiger partial charge is 0.255 e. The summed E-state index contributed by atoms with van der Waals surface area (Å²) in [5.41, 5.74) is 11.2. The molecule has 1 aliphatic rings. The largest absolute Gasteiger partial charge is 0.378 e. The molecule has 2 N–H and O–H groups in total. The molecule has 0 aliphatic carbocycles. The fraction of sp³-hybridized carbons (Fsp3) is 0.273. The van der Waals surface area contributed by atoms with Crippen molar-refractivity contribution in [2.24, 2.45) is 0 Å². The van der Waals surface area contributed by atoms with E-state index in [2.05, 4.69) is 15.0 Å². The molecule has 1 aliphatic heterocycles. The van der Waals surface area contributed by atoms with Gasteiger partial charge in [-0.1, -0.05) is 23.7 Å². The van der Waals surface area contributed by atoms with Crippen LogP contribution < -0.4 is 5.73 Å². The Balaban J connectivity index is 1.76. The van der Waals surface area contributed by atoms with Crippen LogP contribution in [0.15, 0.2) is 36.5 Å². The van der Waals surface area contributed by atoms with Crippen LogP contribution in [0.2, 0.25) is 5.02 Å². The highest BCUT2D eigenvalue weighted by Gasteiger charge is 2.22. The number of morpholine rings is 1. The Morgan fingerprint density at radius 1 is 1.10 bits per heavy atom. The number of benzene rings is 1. The lowest BCUT2D eigenvalue weighted by atomic mass is 9.98. The fourth-order valence-corrected chi connectivity index (χ4v) is 3.80. The summed E-state index contributed by atoms with van der Waals surface area (Å²) in [6, 6.07) is 9.24. The Labute approximate surface area is 179 Å². The molecule has 2 aromatic heterocycles. The summed E-state index contributed by atoms with van der Waals surface area (Å²) in [7, 11) is 0. The first-order valence-corrected chi connectivity index (χ1v) is 10.1. The summed E-state index contributed by atoms with van der Waals surface area (Å²) >= 11 is 6.53. The highest BCUT2D eigenvalue weighted by atomic mass is 35.5. The minimum Gasteiger partial charge on any atom is -0.378 e. The summed E-state index contributed by atoms with van der Waals surface area (Å²) in [6.45, 7) is 6.01. The van der Waals surface area contributed by atoms with Crippen molar-refractivity contribution >= 4 is 23.5 Å². The molecule has 1 fully saturated rings. The lowest BCUT2D eigenvalue weighted by Crippen LogP contribution is -2.40. The molecule has 0 atom stereocenters. The van der Waals surface area contributed by atoms with E-state index in [1.807, 2.05) is 32.0 Å². The number of carbonyl (C=O) groups is 1.